The lowest BCUT2D eigenvalue weighted by Gasteiger charge is -2.25. The fourth-order valence-corrected chi connectivity index (χ4v) is 0.287. The summed E-state index contributed by atoms with van der Waals surface area (Å²) in [4.78, 5) is 10.0. The summed E-state index contributed by atoms with van der Waals surface area (Å²) in [6.45, 7) is 4.80. The molecule has 0 heterocycles. The molecule has 0 saturated heterocycles. The van der Waals surface area contributed by atoms with Gasteiger partial charge in [0, 0.05) is 0 Å². The Balaban J connectivity index is 4.04. The second-order valence-corrected chi connectivity index (χ2v) is 2.77. The molecule has 0 aliphatic heterocycles. The summed E-state index contributed by atoms with van der Waals surface area (Å²) in [6.07, 6.45) is -1.33. The second kappa shape index (κ2) is 2.23. The Kier molecular flexibility index (Phi) is 2.03. The van der Waals surface area contributed by atoms with Crippen molar-refractivity contribution in [1.82, 2.24) is 5.06 Å². The molecule has 0 radical (unpaired) electrons. The summed E-state index contributed by atoms with van der Waals surface area (Å²) in [7, 11) is 0. The van der Waals surface area contributed by atoms with Gasteiger partial charge >= 0.3 is 6.09 Å². The molecule has 0 bridgehead atoms. The number of hydroxylamine groups is 2. The molecule has 0 saturated carbocycles. The van der Waals surface area contributed by atoms with Crippen LogP contribution in [0.25, 0.3) is 0 Å². The summed E-state index contributed by atoms with van der Waals surface area (Å²) in [6, 6.07) is 0. The first-order chi connectivity index (χ1) is 3.85. The number of nitrogens with zero attached hydrogens (tertiary/aromatic N) is 1. The standard InChI is InChI=1S/C5H11NO3/c1-5(2,3)6(9)4(7)8/h9H,1-3H3,(H,7,8). The van der Waals surface area contributed by atoms with Gasteiger partial charge in [0.05, 0.1) is 5.54 Å². The zero-order valence-electron chi connectivity index (χ0n) is 5.75. The molecular weight excluding hydrogens is 122 g/mol. The van der Waals surface area contributed by atoms with Gasteiger partial charge in [-0.25, -0.2) is 4.79 Å². The molecule has 9 heavy (non-hydrogen) atoms. The highest BCUT2D eigenvalue weighted by Gasteiger charge is 2.23. The maximum atomic E-state index is 10.0. The Hall–Kier alpha value is -0.770. The summed E-state index contributed by atoms with van der Waals surface area (Å²) in [5.41, 5.74) is -0.730. The van der Waals surface area contributed by atoms with Crippen molar-refractivity contribution in [2.45, 2.75) is 26.3 Å². The monoisotopic (exact) mass is 133 g/mol. The number of hydrogen-bond donors (Lipinski definition) is 2. The molecule has 0 fully saturated rings. The lowest BCUT2D eigenvalue weighted by Crippen LogP contribution is -2.42. The van der Waals surface area contributed by atoms with Crippen LogP contribution in [0.5, 0.6) is 0 Å². The van der Waals surface area contributed by atoms with Crippen LogP contribution in [-0.2, 0) is 0 Å². The maximum absolute atomic E-state index is 10.0. The molecule has 0 atom stereocenters. The highest BCUT2D eigenvalue weighted by Crippen LogP contribution is 2.08. The molecular formula is C5H11NO3. The molecule has 0 spiro atoms. The van der Waals surface area contributed by atoms with Crippen LogP contribution in [0.15, 0.2) is 0 Å². The topological polar surface area (TPSA) is 60.8 Å². The van der Waals surface area contributed by atoms with Gasteiger partial charge in [-0.05, 0) is 20.8 Å². The van der Waals surface area contributed by atoms with Crippen LogP contribution < -0.4 is 0 Å². The molecule has 54 valence electrons. The van der Waals surface area contributed by atoms with E-state index in [1.54, 1.807) is 20.8 Å². The zero-order chi connectivity index (χ0) is 7.65. The van der Waals surface area contributed by atoms with E-state index in [4.69, 9.17) is 10.3 Å². The van der Waals surface area contributed by atoms with E-state index in [0.717, 1.165) is 0 Å². The van der Waals surface area contributed by atoms with Crippen molar-refractivity contribution in [3.8, 4) is 0 Å². The Labute approximate surface area is 53.7 Å². The van der Waals surface area contributed by atoms with E-state index in [9.17, 15) is 4.79 Å². The van der Waals surface area contributed by atoms with Crippen molar-refractivity contribution in [2.75, 3.05) is 0 Å². The number of hydrogen-bond acceptors (Lipinski definition) is 2. The predicted molar refractivity (Wildman–Crippen MR) is 31.4 cm³/mol. The van der Waals surface area contributed by atoms with Crippen molar-refractivity contribution in [3.05, 3.63) is 0 Å². The SMILES string of the molecule is CC(C)(C)N(O)C(=O)O. The first kappa shape index (κ1) is 8.23. The molecule has 2 N–H and O–H groups in total. The van der Waals surface area contributed by atoms with Crippen LogP contribution in [0.1, 0.15) is 20.8 Å². The summed E-state index contributed by atoms with van der Waals surface area (Å²) < 4.78 is 0. The van der Waals surface area contributed by atoms with Crippen LogP contribution in [-0.4, -0.2) is 27.0 Å². The van der Waals surface area contributed by atoms with Crippen LogP contribution in [0, 0.1) is 0 Å². The third-order valence-electron chi connectivity index (χ3n) is 0.817. The predicted octanol–water partition coefficient (Wildman–Crippen LogP) is 1.15. The summed E-state index contributed by atoms with van der Waals surface area (Å²) in [5.74, 6) is 0. The van der Waals surface area contributed by atoms with E-state index in [0.29, 0.717) is 0 Å². The molecule has 0 aromatic carbocycles. The maximum Gasteiger partial charge on any atom is 0.431 e. The second-order valence-electron chi connectivity index (χ2n) is 2.77. The van der Waals surface area contributed by atoms with E-state index in [2.05, 4.69) is 0 Å². The fraction of sp³-hybridized carbons (Fsp3) is 0.800. The molecule has 0 unspecified atom stereocenters. The lowest BCUT2D eigenvalue weighted by atomic mass is 10.1. The summed E-state index contributed by atoms with van der Waals surface area (Å²) >= 11 is 0. The Morgan fingerprint density at radius 1 is 1.44 bits per heavy atom. The minimum atomic E-state index is -1.33. The van der Waals surface area contributed by atoms with E-state index in [1.807, 2.05) is 0 Å². The number of rotatable bonds is 0. The highest BCUT2D eigenvalue weighted by atomic mass is 16.6. The minimum absolute atomic E-state index is 0.271. The van der Waals surface area contributed by atoms with Crippen LogP contribution in [0.2, 0.25) is 0 Å². The molecule has 1 amide bonds. The number of amides is 1. The zero-order valence-corrected chi connectivity index (χ0v) is 5.75. The van der Waals surface area contributed by atoms with E-state index < -0.39 is 11.6 Å². The average molecular weight is 133 g/mol. The third kappa shape index (κ3) is 2.32. The van der Waals surface area contributed by atoms with E-state index in [-0.39, 0.29) is 5.06 Å². The van der Waals surface area contributed by atoms with E-state index in [1.165, 1.54) is 0 Å². The van der Waals surface area contributed by atoms with Gasteiger partial charge in [-0.2, -0.15) is 5.06 Å². The molecule has 0 aliphatic carbocycles. The fourth-order valence-electron chi connectivity index (χ4n) is 0.287. The molecule has 0 aliphatic rings. The quantitative estimate of drug-likeness (QED) is 0.385. The van der Waals surface area contributed by atoms with Crippen LogP contribution >= 0.6 is 0 Å². The van der Waals surface area contributed by atoms with Gasteiger partial charge in [0.25, 0.3) is 0 Å². The van der Waals surface area contributed by atoms with Crippen LogP contribution in [0.4, 0.5) is 4.79 Å². The van der Waals surface area contributed by atoms with Gasteiger partial charge < -0.3 is 5.11 Å². The Morgan fingerprint density at radius 2 is 1.78 bits per heavy atom. The van der Waals surface area contributed by atoms with Crippen molar-refractivity contribution in [2.24, 2.45) is 0 Å². The Bertz CT molecular complexity index is 116. The van der Waals surface area contributed by atoms with Crippen molar-refractivity contribution < 1.29 is 15.1 Å². The van der Waals surface area contributed by atoms with Crippen molar-refractivity contribution >= 4 is 6.09 Å². The average Bonchev–Trinajstić information content (AvgIpc) is 1.62. The molecule has 0 aromatic rings. The molecule has 4 heteroatoms. The normalized spacial score (nSPS) is 11.1. The van der Waals surface area contributed by atoms with Gasteiger partial charge in [0.1, 0.15) is 0 Å². The number of carbonyl (C=O) groups is 1. The molecule has 0 aromatic heterocycles. The summed E-state index contributed by atoms with van der Waals surface area (Å²) in [5, 5.41) is 17.2. The van der Waals surface area contributed by atoms with Gasteiger partial charge in [0.2, 0.25) is 0 Å². The first-order valence-corrected chi connectivity index (χ1v) is 2.57. The largest absolute Gasteiger partial charge is 0.463 e. The van der Waals surface area contributed by atoms with E-state index >= 15 is 0 Å². The Morgan fingerprint density at radius 3 is 1.78 bits per heavy atom. The molecule has 4 nitrogen and oxygen atoms in total. The van der Waals surface area contributed by atoms with Crippen molar-refractivity contribution in [1.29, 1.82) is 0 Å². The highest BCUT2D eigenvalue weighted by molar-refractivity contribution is 5.64. The smallest absolute Gasteiger partial charge is 0.431 e. The van der Waals surface area contributed by atoms with Crippen molar-refractivity contribution in [3.63, 3.8) is 0 Å². The van der Waals surface area contributed by atoms with Gasteiger partial charge in [-0.1, -0.05) is 0 Å². The number of carboxylic acid groups (broad SMARTS) is 1. The van der Waals surface area contributed by atoms with Gasteiger partial charge in [-0.15, -0.1) is 0 Å². The lowest BCUT2D eigenvalue weighted by molar-refractivity contribution is -0.123. The van der Waals surface area contributed by atoms with Gasteiger partial charge in [0.15, 0.2) is 0 Å². The first-order valence-electron chi connectivity index (χ1n) is 2.57. The third-order valence-corrected chi connectivity index (χ3v) is 0.817. The van der Waals surface area contributed by atoms with Gasteiger partial charge in [-0.3, -0.25) is 5.21 Å². The van der Waals surface area contributed by atoms with Crippen LogP contribution in [0.3, 0.4) is 0 Å². The molecule has 0 rings (SSSR count). The minimum Gasteiger partial charge on any atom is -0.463 e.